The average molecular weight is 384 g/mol. The van der Waals surface area contributed by atoms with Gasteiger partial charge in [0.05, 0.1) is 11.1 Å². The molecular formula is C16H16Br2O. The van der Waals surface area contributed by atoms with Crippen molar-refractivity contribution in [2.75, 3.05) is 6.61 Å². The molecule has 2 rings (SSSR count). The van der Waals surface area contributed by atoms with Gasteiger partial charge in [0.1, 0.15) is 5.75 Å². The van der Waals surface area contributed by atoms with E-state index in [0.717, 1.165) is 25.8 Å². The van der Waals surface area contributed by atoms with Crippen LogP contribution in [0.2, 0.25) is 0 Å². The summed E-state index contributed by atoms with van der Waals surface area (Å²) in [5.41, 5.74) is 2.26. The van der Waals surface area contributed by atoms with Gasteiger partial charge in [-0.25, -0.2) is 0 Å². The van der Waals surface area contributed by atoms with Crippen molar-refractivity contribution in [3.8, 4) is 16.9 Å². The van der Waals surface area contributed by atoms with Gasteiger partial charge in [0, 0.05) is 10.0 Å². The molecule has 0 saturated heterocycles. The number of rotatable bonds is 4. The van der Waals surface area contributed by atoms with Crippen molar-refractivity contribution in [2.45, 2.75) is 13.8 Å². The lowest BCUT2D eigenvalue weighted by molar-refractivity contribution is 0.270. The van der Waals surface area contributed by atoms with Gasteiger partial charge < -0.3 is 4.74 Å². The van der Waals surface area contributed by atoms with E-state index in [1.165, 1.54) is 0 Å². The highest BCUT2D eigenvalue weighted by molar-refractivity contribution is 9.11. The van der Waals surface area contributed by atoms with Crippen LogP contribution in [0.15, 0.2) is 51.4 Å². The largest absolute Gasteiger partial charge is 0.491 e. The van der Waals surface area contributed by atoms with E-state index < -0.39 is 0 Å². The molecule has 0 aliphatic carbocycles. The molecule has 0 bridgehead atoms. The number of halogens is 2. The molecule has 0 spiro atoms. The second-order valence-electron chi connectivity index (χ2n) is 4.84. The predicted octanol–water partition coefficient (Wildman–Crippen LogP) is 5.91. The van der Waals surface area contributed by atoms with Crippen LogP contribution < -0.4 is 4.74 Å². The van der Waals surface area contributed by atoms with Gasteiger partial charge in [-0.1, -0.05) is 60.1 Å². The van der Waals surface area contributed by atoms with Crippen molar-refractivity contribution in [3.05, 3.63) is 51.4 Å². The minimum Gasteiger partial charge on any atom is -0.491 e. The minimum absolute atomic E-state index is 0.499. The van der Waals surface area contributed by atoms with Crippen molar-refractivity contribution in [1.29, 1.82) is 0 Å². The van der Waals surface area contributed by atoms with E-state index in [-0.39, 0.29) is 0 Å². The SMILES string of the molecule is CC(C)COc1c(Br)cc(Br)cc1-c1ccccc1. The molecule has 0 radical (unpaired) electrons. The Balaban J connectivity index is 2.46. The Hall–Kier alpha value is -0.800. The van der Waals surface area contributed by atoms with Gasteiger partial charge in [0.2, 0.25) is 0 Å². The fraction of sp³-hybridized carbons (Fsp3) is 0.250. The van der Waals surface area contributed by atoms with Gasteiger partial charge in [-0.2, -0.15) is 0 Å². The molecule has 2 aromatic carbocycles. The lowest BCUT2D eigenvalue weighted by Crippen LogP contribution is -2.06. The third-order valence-electron chi connectivity index (χ3n) is 2.65. The molecule has 0 unspecified atom stereocenters. The zero-order valence-electron chi connectivity index (χ0n) is 11.0. The Bertz CT molecular complexity index is 550. The second kappa shape index (κ2) is 6.58. The highest BCUT2D eigenvalue weighted by Crippen LogP contribution is 2.39. The first-order chi connectivity index (χ1) is 9.08. The van der Waals surface area contributed by atoms with Crippen LogP contribution in [0.4, 0.5) is 0 Å². The Morgan fingerprint density at radius 3 is 2.37 bits per heavy atom. The van der Waals surface area contributed by atoms with Crippen molar-refractivity contribution < 1.29 is 4.74 Å². The third-order valence-corrected chi connectivity index (χ3v) is 3.70. The fourth-order valence-corrected chi connectivity index (χ4v) is 3.13. The Labute approximate surface area is 131 Å². The first-order valence-electron chi connectivity index (χ1n) is 6.25. The Morgan fingerprint density at radius 1 is 1.05 bits per heavy atom. The molecule has 0 saturated carbocycles. The molecular weight excluding hydrogens is 368 g/mol. The van der Waals surface area contributed by atoms with Gasteiger partial charge >= 0.3 is 0 Å². The lowest BCUT2D eigenvalue weighted by atomic mass is 10.0. The summed E-state index contributed by atoms with van der Waals surface area (Å²) < 4.78 is 7.98. The Morgan fingerprint density at radius 2 is 1.74 bits per heavy atom. The molecule has 0 fully saturated rings. The first-order valence-corrected chi connectivity index (χ1v) is 7.84. The van der Waals surface area contributed by atoms with Crippen LogP contribution in [-0.4, -0.2) is 6.61 Å². The van der Waals surface area contributed by atoms with E-state index in [2.05, 4.69) is 63.9 Å². The molecule has 100 valence electrons. The first kappa shape index (κ1) is 14.6. The molecule has 19 heavy (non-hydrogen) atoms. The van der Waals surface area contributed by atoms with E-state index >= 15 is 0 Å². The van der Waals surface area contributed by atoms with Gasteiger partial charge in [0.25, 0.3) is 0 Å². The molecule has 0 N–H and O–H groups in total. The summed E-state index contributed by atoms with van der Waals surface area (Å²) in [6, 6.07) is 14.4. The zero-order chi connectivity index (χ0) is 13.8. The van der Waals surface area contributed by atoms with Gasteiger partial charge in [-0.15, -0.1) is 0 Å². The van der Waals surface area contributed by atoms with Crippen LogP contribution >= 0.6 is 31.9 Å². The quantitative estimate of drug-likeness (QED) is 0.637. The molecule has 1 nitrogen and oxygen atoms in total. The highest BCUT2D eigenvalue weighted by atomic mass is 79.9. The summed E-state index contributed by atoms with van der Waals surface area (Å²) in [5, 5.41) is 0. The number of ether oxygens (including phenoxy) is 1. The maximum Gasteiger partial charge on any atom is 0.141 e. The molecule has 0 heterocycles. The van der Waals surface area contributed by atoms with Crippen LogP contribution in [-0.2, 0) is 0 Å². The summed E-state index contributed by atoms with van der Waals surface area (Å²) in [5.74, 6) is 1.40. The summed E-state index contributed by atoms with van der Waals surface area (Å²) >= 11 is 7.13. The molecule has 0 aromatic heterocycles. The van der Waals surface area contributed by atoms with Gasteiger partial charge in [-0.05, 0) is 39.5 Å². The predicted molar refractivity (Wildman–Crippen MR) is 87.6 cm³/mol. The zero-order valence-corrected chi connectivity index (χ0v) is 14.2. The molecule has 0 amide bonds. The summed E-state index contributed by atoms with van der Waals surface area (Å²) in [4.78, 5) is 0. The maximum absolute atomic E-state index is 5.97. The topological polar surface area (TPSA) is 9.23 Å². The molecule has 0 atom stereocenters. The van der Waals surface area contributed by atoms with E-state index in [1.807, 2.05) is 24.3 Å². The summed E-state index contributed by atoms with van der Waals surface area (Å²) in [7, 11) is 0. The Kier molecular flexibility index (Phi) is 5.06. The molecule has 2 aromatic rings. The van der Waals surface area contributed by atoms with E-state index in [1.54, 1.807) is 0 Å². The molecule has 0 aliphatic heterocycles. The number of hydrogen-bond donors (Lipinski definition) is 0. The van der Waals surface area contributed by atoms with Gasteiger partial charge in [0.15, 0.2) is 0 Å². The fourth-order valence-electron chi connectivity index (χ4n) is 1.79. The number of hydrogen-bond acceptors (Lipinski definition) is 1. The standard InChI is InChI=1S/C16H16Br2O/c1-11(2)10-19-16-14(8-13(17)9-15(16)18)12-6-4-3-5-7-12/h3-9,11H,10H2,1-2H3. The number of benzene rings is 2. The second-order valence-corrected chi connectivity index (χ2v) is 6.61. The third kappa shape index (κ3) is 3.83. The average Bonchev–Trinajstić information content (AvgIpc) is 2.37. The summed E-state index contributed by atoms with van der Waals surface area (Å²) in [6.07, 6.45) is 0. The van der Waals surface area contributed by atoms with Crippen molar-refractivity contribution in [3.63, 3.8) is 0 Å². The minimum atomic E-state index is 0.499. The van der Waals surface area contributed by atoms with Crippen LogP contribution in [0.1, 0.15) is 13.8 Å². The van der Waals surface area contributed by atoms with Gasteiger partial charge in [-0.3, -0.25) is 0 Å². The van der Waals surface area contributed by atoms with Crippen molar-refractivity contribution >= 4 is 31.9 Å². The van der Waals surface area contributed by atoms with E-state index in [9.17, 15) is 0 Å². The lowest BCUT2D eigenvalue weighted by Gasteiger charge is -2.15. The monoisotopic (exact) mass is 382 g/mol. The van der Waals surface area contributed by atoms with Crippen LogP contribution in [0.5, 0.6) is 5.75 Å². The normalized spacial score (nSPS) is 10.8. The highest BCUT2D eigenvalue weighted by Gasteiger charge is 2.12. The van der Waals surface area contributed by atoms with Crippen molar-refractivity contribution in [2.24, 2.45) is 5.92 Å². The molecule has 3 heteroatoms. The maximum atomic E-state index is 5.97. The van der Waals surface area contributed by atoms with Crippen LogP contribution in [0.3, 0.4) is 0 Å². The molecule has 0 aliphatic rings. The van der Waals surface area contributed by atoms with Crippen LogP contribution in [0.25, 0.3) is 11.1 Å². The smallest absolute Gasteiger partial charge is 0.141 e. The van der Waals surface area contributed by atoms with E-state index in [4.69, 9.17) is 4.74 Å². The van der Waals surface area contributed by atoms with Crippen LogP contribution in [0, 0.1) is 5.92 Å². The van der Waals surface area contributed by atoms with Crippen molar-refractivity contribution in [1.82, 2.24) is 0 Å². The summed E-state index contributed by atoms with van der Waals surface area (Å²) in [6.45, 7) is 5.00. The van der Waals surface area contributed by atoms with E-state index in [0.29, 0.717) is 12.5 Å².